The summed E-state index contributed by atoms with van der Waals surface area (Å²) in [7, 11) is 0. The molecule has 6 nitrogen and oxygen atoms in total. The Bertz CT molecular complexity index is 455. The highest BCUT2D eigenvalue weighted by Crippen LogP contribution is 2.34. The second-order valence-corrected chi connectivity index (χ2v) is 5.39. The van der Waals surface area contributed by atoms with Crippen molar-refractivity contribution in [3.8, 4) is 5.75 Å². The van der Waals surface area contributed by atoms with Crippen LogP contribution < -0.4 is 15.1 Å². The van der Waals surface area contributed by atoms with Crippen LogP contribution in [0.15, 0.2) is 18.2 Å². The molecule has 3 N–H and O–H groups in total. The van der Waals surface area contributed by atoms with Crippen LogP contribution >= 0.6 is 0 Å². The first-order valence-electron chi connectivity index (χ1n) is 7.33. The van der Waals surface area contributed by atoms with Gasteiger partial charge < -0.3 is 30.5 Å². The van der Waals surface area contributed by atoms with Crippen molar-refractivity contribution in [1.29, 1.82) is 0 Å². The number of nitrogens with zero attached hydrogens (tertiary/aromatic N) is 1. The van der Waals surface area contributed by atoms with Crippen molar-refractivity contribution in [2.75, 3.05) is 31.4 Å². The van der Waals surface area contributed by atoms with Crippen molar-refractivity contribution < 1.29 is 14.9 Å². The summed E-state index contributed by atoms with van der Waals surface area (Å²) < 4.78 is 5.65. The third-order valence-corrected chi connectivity index (χ3v) is 3.64. The number of rotatable bonds is 8. The molecule has 0 saturated heterocycles. The SMILES string of the molecule is CC(CCO)NCC(O)COc1cccc2c1CCN2[O-]. The molecule has 21 heavy (non-hydrogen) atoms. The first-order valence-corrected chi connectivity index (χ1v) is 7.33. The van der Waals surface area contributed by atoms with E-state index in [1.165, 1.54) is 0 Å². The smallest absolute Gasteiger partial charge is 0.124 e. The standard InChI is InChI=1S/C15H23N2O4/c1-11(6-8-18)16-9-12(19)10-21-15-4-2-3-14-13(15)5-7-17(14)20/h2-4,11-12,16,18-19H,5-10H2,1H3/q-1. The van der Waals surface area contributed by atoms with Crippen molar-refractivity contribution >= 4 is 5.69 Å². The van der Waals surface area contributed by atoms with Crippen LogP contribution in [0, 0.1) is 5.21 Å². The van der Waals surface area contributed by atoms with E-state index in [0.717, 1.165) is 10.6 Å². The van der Waals surface area contributed by atoms with Crippen molar-refractivity contribution in [3.63, 3.8) is 0 Å². The fourth-order valence-electron chi connectivity index (χ4n) is 2.39. The number of hydroxylamine groups is 1. The van der Waals surface area contributed by atoms with Crippen molar-refractivity contribution in [2.45, 2.75) is 31.9 Å². The first kappa shape index (κ1) is 16.0. The van der Waals surface area contributed by atoms with Gasteiger partial charge in [0.25, 0.3) is 0 Å². The Hall–Kier alpha value is -1.34. The van der Waals surface area contributed by atoms with Gasteiger partial charge in [0.1, 0.15) is 18.5 Å². The largest absolute Gasteiger partial charge is 0.758 e. The zero-order valence-electron chi connectivity index (χ0n) is 12.3. The fraction of sp³-hybridized carbons (Fsp3) is 0.600. The molecule has 2 atom stereocenters. The first-order chi connectivity index (χ1) is 10.1. The van der Waals surface area contributed by atoms with E-state index >= 15 is 0 Å². The normalized spacial score (nSPS) is 16.7. The second-order valence-electron chi connectivity index (χ2n) is 5.39. The lowest BCUT2D eigenvalue weighted by molar-refractivity contribution is 0.102. The zero-order valence-corrected chi connectivity index (χ0v) is 12.3. The summed E-state index contributed by atoms with van der Waals surface area (Å²) in [4.78, 5) is 0. The van der Waals surface area contributed by atoms with Crippen LogP contribution in [0.25, 0.3) is 0 Å². The monoisotopic (exact) mass is 295 g/mol. The summed E-state index contributed by atoms with van der Waals surface area (Å²) >= 11 is 0. The Morgan fingerprint density at radius 1 is 1.48 bits per heavy atom. The van der Waals surface area contributed by atoms with E-state index in [0.29, 0.717) is 37.4 Å². The van der Waals surface area contributed by atoms with Crippen molar-refractivity contribution in [1.82, 2.24) is 5.32 Å². The van der Waals surface area contributed by atoms with Gasteiger partial charge in [0.15, 0.2) is 0 Å². The predicted octanol–water partition coefficient (Wildman–Crippen LogP) is 0.647. The summed E-state index contributed by atoms with van der Waals surface area (Å²) in [5, 5.41) is 34.4. The average Bonchev–Trinajstić information content (AvgIpc) is 2.85. The van der Waals surface area contributed by atoms with E-state index in [9.17, 15) is 10.3 Å². The summed E-state index contributed by atoms with van der Waals surface area (Å²) in [6.45, 7) is 3.12. The fourth-order valence-corrected chi connectivity index (χ4v) is 2.39. The summed E-state index contributed by atoms with van der Waals surface area (Å²) in [6.07, 6.45) is 0.697. The highest BCUT2D eigenvalue weighted by Gasteiger charge is 2.17. The van der Waals surface area contributed by atoms with Crippen LogP contribution in [-0.2, 0) is 6.42 Å². The number of hydrogen-bond donors (Lipinski definition) is 3. The molecule has 1 aliphatic heterocycles. The molecule has 1 aromatic rings. The highest BCUT2D eigenvalue weighted by molar-refractivity contribution is 5.63. The van der Waals surface area contributed by atoms with E-state index in [1.54, 1.807) is 12.1 Å². The minimum Gasteiger partial charge on any atom is -0.758 e. The van der Waals surface area contributed by atoms with Crippen LogP contribution in [0.5, 0.6) is 5.75 Å². The number of ether oxygens (including phenoxy) is 1. The minimum absolute atomic E-state index is 0.128. The van der Waals surface area contributed by atoms with Gasteiger partial charge in [-0.1, -0.05) is 6.07 Å². The molecule has 0 aliphatic carbocycles. The van der Waals surface area contributed by atoms with E-state index in [4.69, 9.17) is 9.84 Å². The lowest BCUT2D eigenvalue weighted by Crippen LogP contribution is -2.37. The van der Waals surface area contributed by atoms with E-state index in [1.807, 2.05) is 13.0 Å². The lowest BCUT2D eigenvalue weighted by Gasteiger charge is -2.25. The van der Waals surface area contributed by atoms with Gasteiger partial charge in [-0.2, -0.15) is 0 Å². The molecule has 6 heteroatoms. The molecular formula is C15H23N2O4-. The molecule has 2 unspecified atom stereocenters. The molecule has 0 saturated carbocycles. The molecule has 2 rings (SSSR count). The molecule has 1 aliphatic rings. The average molecular weight is 295 g/mol. The number of benzene rings is 1. The van der Waals surface area contributed by atoms with Crippen LogP contribution in [0.2, 0.25) is 0 Å². The molecule has 0 radical (unpaired) electrons. The van der Waals surface area contributed by atoms with E-state index in [-0.39, 0.29) is 19.3 Å². The molecule has 0 amide bonds. The quantitative estimate of drug-likeness (QED) is 0.652. The van der Waals surface area contributed by atoms with Gasteiger partial charge >= 0.3 is 0 Å². The Morgan fingerprint density at radius 3 is 3.05 bits per heavy atom. The zero-order chi connectivity index (χ0) is 15.2. The summed E-state index contributed by atoms with van der Waals surface area (Å²) in [6, 6.07) is 5.56. The number of nitrogens with one attached hydrogen (secondary N) is 1. The molecule has 0 bridgehead atoms. The third kappa shape index (κ3) is 4.31. The highest BCUT2D eigenvalue weighted by atomic mass is 16.5. The Labute approximate surface area is 124 Å². The van der Waals surface area contributed by atoms with Crippen molar-refractivity contribution in [3.05, 3.63) is 29.0 Å². The maximum atomic E-state index is 11.6. The van der Waals surface area contributed by atoms with Crippen LogP contribution in [-0.4, -0.2) is 48.7 Å². The Morgan fingerprint density at radius 2 is 2.29 bits per heavy atom. The summed E-state index contributed by atoms with van der Waals surface area (Å²) in [5.41, 5.74) is 1.58. The third-order valence-electron chi connectivity index (χ3n) is 3.64. The van der Waals surface area contributed by atoms with E-state index in [2.05, 4.69) is 5.32 Å². The molecule has 1 heterocycles. The molecule has 0 aromatic heterocycles. The minimum atomic E-state index is -0.633. The van der Waals surface area contributed by atoms with Crippen molar-refractivity contribution in [2.24, 2.45) is 0 Å². The van der Waals surface area contributed by atoms with Gasteiger partial charge in [-0.25, -0.2) is 0 Å². The van der Waals surface area contributed by atoms with Gasteiger partial charge in [0.05, 0.1) is 0 Å². The molecular weight excluding hydrogens is 272 g/mol. The van der Waals surface area contributed by atoms with E-state index < -0.39 is 6.10 Å². The van der Waals surface area contributed by atoms with Gasteiger partial charge in [-0.05, 0) is 31.9 Å². The number of anilines is 1. The van der Waals surface area contributed by atoms with Gasteiger partial charge in [0.2, 0.25) is 0 Å². The Balaban J connectivity index is 1.81. The van der Waals surface area contributed by atoms with Crippen LogP contribution in [0.4, 0.5) is 5.69 Å². The van der Waals surface area contributed by atoms with Gasteiger partial charge in [0, 0.05) is 37.0 Å². The summed E-state index contributed by atoms with van der Waals surface area (Å²) in [5.74, 6) is 0.674. The second kappa shape index (κ2) is 7.61. The topological polar surface area (TPSA) is 88.0 Å². The lowest BCUT2D eigenvalue weighted by atomic mass is 10.1. The molecule has 118 valence electrons. The molecule has 0 fully saturated rings. The number of aliphatic hydroxyl groups excluding tert-OH is 2. The number of hydrogen-bond acceptors (Lipinski definition) is 6. The van der Waals surface area contributed by atoms with Crippen LogP contribution in [0.3, 0.4) is 0 Å². The maximum absolute atomic E-state index is 11.6. The Kier molecular flexibility index (Phi) is 5.81. The predicted molar refractivity (Wildman–Crippen MR) is 81.5 cm³/mol. The molecule has 1 aromatic carbocycles. The van der Waals surface area contributed by atoms with Crippen LogP contribution in [0.1, 0.15) is 18.9 Å². The van der Waals surface area contributed by atoms with Gasteiger partial charge in [-0.15, -0.1) is 0 Å². The maximum Gasteiger partial charge on any atom is 0.124 e. The number of fused-ring (bicyclic) bond motifs is 1. The number of aliphatic hydroxyl groups is 2. The molecule has 0 spiro atoms. The van der Waals surface area contributed by atoms with Gasteiger partial charge in [-0.3, -0.25) is 0 Å².